The van der Waals surface area contributed by atoms with Crippen LogP contribution in [-0.4, -0.2) is 12.6 Å². The molecular formula is C16H13Cl2FO3. The molecule has 2 rings (SSSR count). The summed E-state index contributed by atoms with van der Waals surface area (Å²) in [4.78, 5) is 12.0. The van der Waals surface area contributed by atoms with Crippen molar-refractivity contribution in [2.75, 3.05) is 6.61 Å². The van der Waals surface area contributed by atoms with Gasteiger partial charge in [-0.05, 0) is 30.7 Å². The Labute approximate surface area is 137 Å². The minimum atomic E-state index is -0.754. The SMILES string of the molecule is CCCOc1c(Cl)cc(C(=O)Oc2ccccc2F)cc1Cl. The van der Waals surface area contributed by atoms with E-state index in [9.17, 15) is 9.18 Å². The van der Waals surface area contributed by atoms with E-state index in [4.69, 9.17) is 32.7 Å². The van der Waals surface area contributed by atoms with Crippen molar-refractivity contribution in [3.05, 3.63) is 57.8 Å². The minimum Gasteiger partial charge on any atom is -0.490 e. The predicted octanol–water partition coefficient (Wildman–Crippen LogP) is 5.14. The maximum atomic E-state index is 13.5. The number of hydrogen-bond donors (Lipinski definition) is 0. The average molecular weight is 343 g/mol. The van der Waals surface area contributed by atoms with Crippen LogP contribution >= 0.6 is 23.2 Å². The van der Waals surface area contributed by atoms with Crippen LogP contribution in [0.4, 0.5) is 4.39 Å². The summed E-state index contributed by atoms with van der Waals surface area (Å²) in [5.41, 5.74) is 0.113. The Morgan fingerprint density at radius 2 is 1.82 bits per heavy atom. The molecule has 3 nitrogen and oxygen atoms in total. The topological polar surface area (TPSA) is 35.5 Å². The largest absolute Gasteiger partial charge is 0.490 e. The third-order valence-electron chi connectivity index (χ3n) is 2.72. The van der Waals surface area contributed by atoms with Crippen LogP contribution in [0.1, 0.15) is 23.7 Å². The van der Waals surface area contributed by atoms with Crippen molar-refractivity contribution in [3.8, 4) is 11.5 Å². The number of carbonyl (C=O) groups is 1. The molecule has 0 heterocycles. The summed E-state index contributed by atoms with van der Waals surface area (Å²) >= 11 is 12.1. The number of carbonyl (C=O) groups excluding carboxylic acids is 1. The maximum Gasteiger partial charge on any atom is 0.343 e. The Balaban J connectivity index is 2.22. The number of benzene rings is 2. The van der Waals surface area contributed by atoms with Gasteiger partial charge in [-0.1, -0.05) is 42.3 Å². The molecule has 2 aromatic carbocycles. The number of ether oxygens (including phenoxy) is 2. The minimum absolute atomic E-state index is 0.113. The Kier molecular flexibility index (Phi) is 5.63. The van der Waals surface area contributed by atoms with Crippen LogP contribution in [0.15, 0.2) is 36.4 Å². The summed E-state index contributed by atoms with van der Waals surface area (Å²) in [6.45, 7) is 2.40. The van der Waals surface area contributed by atoms with E-state index in [2.05, 4.69) is 0 Å². The highest BCUT2D eigenvalue weighted by atomic mass is 35.5. The molecule has 0 unspecified atom stereocenters. The molecule has 0 amide bonds. The Hall–Kier alpha value is -1.78. The van der Waals surface area contributed by atoms with E-state index < -0.39 is 11.8 Å². The molecule has 116 valence electrons. The number of rotatable bonds is 5. The Morgan fingerprint density at radius 1 is 1.18 bits per heavy atom. The molecular weight excluding hydrogens is 330 g/mol. The number of esters is 1. The molecule has 0 saturated carbocycles. The first-order valence-corrected chi connectivity index (χ1v) is 7.37. The maximum absolute atomic E-state index is 13.5. The standard InChI is InChI=1S/C16H13Cl2FO3/c1-2-7-21-15-11(17)8-10(9-12(15)18)16(20)22-14-6-4-3-5-13(14)19/h3-6,8-9H,2,7H2,1H3. The quantitative estimate of drug-likeness (QED) is 0.557. The molecule has 0 radical (unpaired) electrons. The number of halogens is 3. The molecule has 0 aliphatic rings. The summed E-state index contributed by atoms with van der Waals surface area (Å²) in [6, 6.07) is 8.37. The predicted molar refractivity (Wildman–Crippen MR) is 83.6 cm³/mol. The van der Waals surface area contributed by atoms with Gasteiger partial charge >= 0.3 is 5.97 Å². The Bertz CT molecular complexity index is 666. The summed E-state index contributed by atoms with van der Waals surface area (Å²) < 4.78 is 23.9. The average Bonchev–Trinajstić information content (AvgIpc) is 2.48. The van der Waals surface area contributed by atoms with Crippen LogP contribution in [0, 0.1) is 5.82 Å². The van der Waals surface area contributed by atoms with Crippen molar-refractivity contribution in [3.63, 3.8) is 0 Å². The van der Waals surface area contributed by atoms with Gasteiger partial charge in [0, 0.05) is 0 Å². The van der Waals surface area contributed by atoms with Crippen molar-refractivity contribution in [1.82, 2.24) is 0 Å². The molecule has 2 aromatic rings. The fourth-order valence-electron chi connectivity index (χ4n) is 1.71. The van der Waals surface area contributed by atoms with E-state index in [1.165, 1.54) is 30.3 Å². The molecule has 0 spiro atoms. The second-order valence-electron chi connectivity index (χ2n) is 4.44. The Morgan fingerprint density at radius 3 is 2.41 bits per heavy atom. The van der Waals surface area contributed by atoms with E-state index in [1.54, 1.807) is 6.07 Å². The molecule has 0 bridgehead atoms. The molecule has 0 atom stereocenters. The first kappa shape index (κ1) is 16.6. The van der Waals surface area contributed by atoms with Crippen molar-refractivity contribution < 1.29 is 18.7 Å². The van der Waals surface area contributed by atoms with Gasteiger partial charge < -0.3 is 9.47 Å². The summed E-state index contributed by atoms with van der Waals surface area (Å²) in [6.07, 6.45) is 0.795. The third kappa shape index (κ3) is 3.90. The van der Waals surface area contributed by atoms with Gasteiger partial charge in [-0.25, -0.2) is 9.18 Å². The lowest BCUT2D eigenvalue weighted by Crippen LogP contribution is -2.10. The molecule has 0 aromatic heterocycles. The van der Waals surface area contributed by atoms with E-state index in [-0.39, 0.29) is 21.4 Å². The summed E-state index contributed by atoms with van der Waals surface area (Å²) in [5, 5.41) is 0.392. The lowest BCUT2D eigenvalue weighted by Gasteiger charge is -2.11. The number of para-hydroxylation sites is 1. The normalized spacial score (nSPS) is 10.4. The fourth-order valence-corrected chi connectivity index (χ4v) is 2.30. The second-order valence-corrected chi connectivity index (χ2v) is 5.25. The van der Waals surface area contributed by atoms with Crippen LogP contribution in [0.3, 0.4) is 0 Å². The van der Waals surface area contributed by atoms with E-state index in [0.29, 0.717) is 12.4 Å². The van der Waals surface area contributed by atoms with Crippen molar-refractivity contribution >= 4 is 29.2 Å². The van der Waals surface area contributed by atoms with Crippen LogP contribution in [-0.2, 0) is 0 Å². The second kappa shape index (κ2) is 7.47. The molecule has 0 saturated heterocycles. The van der Waals surface area contributed by atoms with E-state index >= 15 is 0 Å². The molecule has 0 fully saturated rings. The zero-order valence-electron chi connectivity index (χ0n) is 11.7. The van der Waals surface area contributed by atoms with Gasteiger partial charge in [0.25, 0.3) is 0 Å². The van der Waals surface area contributed by atoms with Gasteiger partial charge in [-0.3, -0.25) is 0 Å². The molecule has 22 heavy (non-hydrogen) atoms. The van der Waals surface area contributed by atoms with Gasteiger partial charge in [0.2, 0.25) is 0 Å². The molecule has 0 N–H and O–H groups in total. The van der Waals surface area contributed by atoms with Gasteiger partial charge in [0.1, 0.15) is 0 Å². The smallest absolute Gasteiger partial charge is 0.343 e. The zero-order chi connectivity index (χ0) is 16.1. The van der Waals surface area contributed by atoms with Crippen molar-refractivity contribution in [1.29, 1.82) is 0 Å². The third-order valence-corrected chi connectivity index (χ3v) is 3.29. The highest BCUT2D eigenvalue weighted by molar-refractivity contribution is 6.37. The zero-order valence-corrected chi connectivity index (χ0v) is 13.2. The first-order chi connectivity index (χ1) is 10.5. The molecule has 0 aliphatic carbocycles. The van der Waals surface area contributed by atoms with Crippen LogP contribution < -0.4 is 9.47 Å². The van der Waals surface area contributed by atoms with E-state index in [1.807, 2.05) is 6.92 Å². The lowest BCUT2D eigenvalue weighted by atomic mass is 10.2. The van der Waals surface area contributed by atoms with Crippen molar-refractivity contribution in [2.45, 2.75) is 13.3 Å². The van der Waals surface area contributed by atoms with Gasteiger partial charge in [-0.15, -0.1) is 0 Å². The van der Waals surface area contributed by atoms with Crippen molar-refractivity contribution in [2.24, 2.45) is 0 Å². The fraction of sp³-hybridized carbons (Fsp3) is 0.188. The number of hydrogen-bond acceptors (Lipinski definition) is 3. The van der Waals surface area contributed by atoms with Gasteiger partial charge in [0.15, 0.2) is 17.3 Å². The highest BCUT2D eigenvalue weighted by Gasteiger charge is 2.17. The van der Waals surface area contributed by atoms with Crippen LogP contribution in [0.5, 0.6) is 11.5 Å². The van der Waals surface area contributed by atoms with Crippen LogP contribution in [0.2, 0.25) is 10.0 Å². The van der Waals surface area contributed by atoms with E-state index in [0.717, 1.165) is 6.42 Å². The first-order valence-electron chi connectivity index (χ1n) is 6.61. The molecule has 6 heteroatoms. The highest BCUT2D eigenvalue weighted by Crippen LogP contribution is 2.34. The summed E-state index contributed by atoms with van der Waals surface area (Å²) in [5.74, 6) is -1.23. The monoisotopic (exact) mass is 342 g/mol. The summed E-state index contributed by atoms with van der Waals surface area (Å²) in [7, 11) is 0. The van der Waals surface area contributed by atoms with Gasteiger partial charge in [0.05, 0.1) is 22.2 Å². The lowest BCUT2D eigenvalue weighted by molar-refractivity contribution is 0.0728. The van der Waals surface area contributed by atoms with Gasteiger partial charge in [-0.2, -0.15) is 0 Å². The molecule has 0 aliphatic heterocycles. The van der Waals surface area contributed by atoms with Crippen LogP contribution in [0.25, 0.3) is 0 Å².